The molecule has 298 valence electrons. The van der Waals surface area contributed by atoms with Gasteiger partial charge in [-0.15, -0.1) is 0 Å². The number of hydrogen-bond donors (Lipinski definition) is 5. The van der Waals surface area contributed by atoms with Gasteiger partial charge in [0.05, 0.1) is 47.5 Å². The Hall–Kier alpha value is -4.99. The smallest absolute Gasteiger partial charge is 0.276 e. The maximum atomic E-state index is 15.5. The van der Waals surface area contributed by atoms with Gasteiger partial charge in [0.2, 0.25) is 15.9 Å². The second-order valence-corrected chi connectivity index (χ2v) is 16.5. The molecule has 1 aromatic carbocycles. The lowest BCUT2D eigenvalue weighted by atomic mass is 9.71. The minimum Gasteiger partial charge on any atom is -0.378 e. The molecule has 2 saturated carbocycles. The van der Waals surface area contributed by atoms with E-state index < -0.39 is 87.6 Å². The number of nitrogens with zero attached hydrogens (tertiary/aromatic N) is 3. The second-order valence-electron chi connectivity index (χ2n) is 14.7. The quantitative estimate of drug-likeness (QED) is 0.0728. The summed E-state index contributed by atoms with van der Waals surface area (Å²) in [4.78, 5) is 22.9. The number of hydrogen-bond acceptors (Lipinski definition) is 8. The van der Waals surface area contributed by atoms with Crippen LogP contribution in [-0.2, 0) is 21.2 Å². The number of aryl methyl sites for hydroxylation is 1. The fourth-order valence-corrected chi connectivity index (χ4v) is 8.12. The average molecular weight is 804 g/mol. The first-order chi connectivity index (χ1) is 26.1. The van der Waals surface area contributed by atoms with Gasteiger partial charge in [0.1, 0.15) is 28.8 Å². The molecule has 5 N–H and O–H groups in total. The lowest BCUT2D eigenvalue weighted by Crippen LogP contribution is -2.52. The number of rotatable bonds is 12. The Balaban J connectivity index is 1.44. The summed E-state index contributed by atoms with van der Waals surface area (Å²) < 4.78 is 116. The third kappa shape index (κ3) is 8.54. The van der Waals surface area contributed by atoms with Crippen molar-refractivity contribution in [2.45, 2.75) is 70.1 Å². The van der Waals surface area contributed by atoms with Gasteiger partial charge >= 0.3 is 0 Å². The number of imidazole rings is 1. The number of amides is 1. The minimum absolute atomic E-state index is 0.0237. The molecule has 2 aliphatic carbocycles. The fraction of sp³-hybridized carbons (Fsp3) is 0.421. The van der Waals surface area contributed by atoms with Gasteiger partial charge in [0, 0.05) is 23.5 Å². The van der Waals surface area contributed by atoms with E-state index in [-0.39, 0.29) is 42.0 Å². The molecule has 6 rings (SSSR count). The summed E-state index contributed by atoms with van der Waals surface area (Å²) >= 11 is 0. The molecule has 2 aliphatic rings. The van der Waals surface area contributed by atoms with E-state index in [4.69, 9.17) is 10.4 Å². The average Bonchev–Trinajstić information content (AvgIpc) is 3.45. The molecule has 2 unspecified atom stereocenters. The van der Waals surface area contributed by atoms with E-state index >= 15 is 8.78 Å². The zero-order valence-corrected chi connectivity index (χ0v) is 31.4. The molecule has 11 nitrogen and oxygen atoms in total. The van der Waals surface area contributed by atoms with Gasteiger partial charge in [0.25, 0.3) is 12.3 Å². The van der Waals surface area contributed by atoms with Crippen LogP contribution in [0.15, 0.2) is 48.5 Å². The molecule has 1 amide bonds. The third-order valence-electron chi connectivity index (χ3n) is 9.97. The Kier molecular flexibility index (Phi) is 11.0. The van der Waals surface area contributed by atoms with Crippen LogP contribution in [0.5, 0.6) is 0 Å². The number of aromatic nitrogens is 3. The molecule has 18 heteroatoms. The zero-order valence-electron chi connectivity index (χ0n) is 30.6. The van der Waals surface area contributed by atoms with Crippen LogP contribution < -0.4 is 15.4 Å². The van der Waals surface area contributed by atoms with E-state index in [2.05, 4.69) is 32.2 Å². The molecule has 5 atom stereocenters. The first-order valence-electron chi connectivity index (χ1n) is 17.6. The topological polar surface area (TPSA) is 162 Å². The highest BCUT2D eigenvalue weighted by atomic mass is 32.2. The van der Waals surface area contributed by atoms with Crippen LogP contribution in [0.3, 0.4) is 0 Å². The molecular formula is C38H39F6N7O4S. The maximum Gasteiger partial charge on any atom is 0.276 e. The van der Waals surface area contributed by atoms with Crippen LogP contribution >= 0.6 is 0 Å². The van der Waals surface area contributed by atoms with E-state index in [0.29, 0.717) is 28.7 Å². The van der Waals surface area contributed by atoms with Crippen LogP contribution in [0.1, 0.15) is 55.5 Å². The van der Waals surface area contributed by atoms with Crippen molar-refractivity contribution in [3.8, 4) is 23.1 Å². The van der Waals surface area contributed by atoms with E-state index in [1.165, 1.54) is 19.9 Å². The van der Waals surface area contributed by atoms with Crippen molar-refractivity contribution in [1.82, 2.24) is 25.0 Å². The monoisotopic (exact) mass is 803 g/mol. The lowest BCUT2D eigenvalue weighted by molar-refractivity contribution is -0.122. The van der Waals surface area contributed by atoms with E-state index in [0.717, 1.165) is 18.4 Å². The van der Waals surface area contributed by atoms with Crippen LogP contribution in [0.2, 0.25) is 0 Å². The number of benzene rings is 1. The Labute approximate surface area is 318 Å². The molecule has 3 heterocycles. The number of alkyl halides is 4. The van der Waals surface area contributed by atoms with Gasteiger partial charge in [-0.25, -0.2) is 44.7 Å². The van der Waals surface area contributed by atoms with Gasteiger partial charge < -0.3 is 15.8 Å². The Morgan fingerprint density at radius 1 is 1.11 bits per heavy atom. The van der Waals surface area contributed by atoms with Gasteiger partial charge in [-0.2, -0.15) is 0 Å². The normalized spacial score (nSPS) is 20.9. The summed E-state index contributed by atoms with van der Waals surface area (Å²) in [5, 5.41) is 23.4. The molecule has 3 aromatic heterocycles. The summed E-state index contributed by atoms with van der Waals surface area (Å²) in [6.45, 7) is 3.71. The van der Waals surface area contributed by atoms with Crippen molar-refractivity contribution >= 4 is 33.0 Å². The number of halogens is 6. The van der Waals surface area contributed by atoms with Gasteiger partial charge in [-0.3, -0.25) is 19.2 Å². The molecule has 2 fully saturated rings. The van der Waals surface area contributed by atoms with Crippen molar-refractivity contribution in [1.29, 1.82) is 5.41 Å². The van der Waals surface area contributed by atoms with Crippen molar-refractivity contribution in [2.75, 3.05) is 17.5 Å². The minimum atomic E-state index is -3.75. The number of pyridine rings is 2. The molecule has 4 aromatic rings. The first kappa shape index (κ1) is 40.7. The number of sulfonamides is 1. The first-order valence-corrected chi connectivity index (χ1v) is 19.5. The maximum absolute atomic E-state index is 15.5. The Morgan fingerprint density at radius 2 is 1.80 bits per heavy atom. The highest BCUT2D eigenvalue weighted by molar-refractivity contribution is 7.92. The number of nitrogens with one attached hydrogen (secondary N) is 4. The largest absolute Gasteiger partial charge is 0.378 e. The fourth-order valence-electron chi connectivity index (χ4n) is 7.61. The standard InChI is InChI=1S/C38H39F6N7O4S/c1-19-47-36(50-56(4,54)55)29-7-5-6-28(51(19)29)25-9-8-23(12-13-37(2,3)53)48-33(25)27(16-20-14-21(39)17-22(40)15-20)49-30(52)18-46-34-31(32(45)35(41)42)24-10-11-26(24)38(34,43)44/h5-9,14-15,17,24,26-27,31,34-35,45-46,50,53H,10-11,16,18H2,1-4H3,(H,49,52)/t24-,26+,27-,31?,34?/m0/s1. The summed E-state index contributed by atoms with van der Waals surface area (Å²) in [6, 6.07) is 7.56. The van der Waals surface area contributed by atoms with Crippen molar-refractivity contribution in [3.63, 3.8) is 0 Å². The van der Waals surface area contributed by atoms with Crippen LogP contribution in [0.25, 0.3) is 16.8 Å². The van der Waals surface area contributed by atoms with Crippen molar-refractivity contribution in [3.05, 3.63) is 82.9 Å². The summed E-state index contributed by atoms with van der Waals surface area (Å²) in [5.74, 6) is -4.00. The molecule has 0 saturated heterocycles. The SMILES string of the molecule is Cc1nc(NS(C)(=O)=O)c2cccc(-c3ccc(C#CC(C)(C)O)nc3[C@H](Cc3cc(F)cc(F)c3)NC(=O)CNC3C(C(=N)C(F)F)[C@H]4CC[C@H]4C3(F)F)n12. The molecule has 0 aliphatic heterocycles. The lowest BCUT2D eigenvalue weighted by Gasteiger charge is -2.35. The highest BCUT2D eigenvalue weighted by Crippen LogP contribution is 2.58. The summed E-state index contributed by atoms with van der Waals surface area (Å²) in [6.07, 6.45) is -2.26. The van der Waals surface area contributed by atoms with Gasteiger partial charge in [-0.05, 0) is 93.8 Å². The number of carbonyl (C=O) groups excluding carboxylic acids is 1. The summed E-state index contributed by atoms with van der Waals surface area (Å²) in [5.41, 5.74) is -1.27. The number of carbonyl (C=O) groups is 1. The molecule has 0 radical (unpaired) electrons. The second kappa shape index (κ2) is 15.2. The van der Waals surface area contributed by atoms with Crippen LogP contribution in [0.4, 0.5) is 32.2 Å². The Bertz CT molecular complexity index is 2350. The van der Waals surface area contributed by atoms with E-state index in [9.17, 15) is 35.9 Å². The molecule has 56 heavy (non-hydrogen) atoms. The van der Waals surface area contributed by atoms with Crippen molar-refractivity contribution in [2.24, 2.45) is 17.8 Å². The van der Waals surface area contributed by atoms with Crippen molar-refractivity contribution < 1.29 is 44.7 Å². The predicted octanol–water partition coefficient (Wildman–Crippen LogP) is 5.41. The Morgan fingerprint density at radius 3 is 2.41 bits per heavy atom. The highest BCUT2D eigenvalue weighted by Gasteiger charge is 2.67. The van der Waals surface area contributed by atoms with Crippen LogP contribution in [-0.4, -0.2) is 76.3 Å². The van der Waals surface area contributed by atoms with Gasteiger partial charge in [-0.1, -0.05) is 12.0 Å². The van der Waals surface area contributed by atoms with E-state index in [1.807, 2.05) is 0 Å². The zero-order chi connectivity index (χ0) is 40.9. The summed E-state index contributed by atoms with van der Waals surface area (Å²) in [7, 11) is -3.75. The number of aliphatic hydroxyl groups is 1. The number of anilines is 1. The third-order valence-corrected chi connectivity index (χ3v) is 10.5. The predicted molar refractivity (Wildman–Crippen MR) is 196 cm³/mol. The number of fused-ring (bicyclic) bond motifs is 2. The molecule has 0 spiro atoms. The molecular weight excluding hydrogens is 765 g/mol. The van der Waals surface area contributed by atoms with E-state index in [1.54, 1.807) is 35.6 Å². The molecule has 0 bridgehead atoms. The van der Waals surface area contributed by atoms with Gasteiger partial charge in [0.15, 0.2) is 5.82 Å². The van der Waals surface area contributed by atoms with Crippen LogP contribution in [0, 0.1) is 53.6 Å².